The van der Waals surface area contributed by atoms with Crippen molar-refractivity contribution in [1.29, 1.82) is 0 Å². The molecule has 0 amide bonds. The maximum Gasteiger partial charge on any atom is 0.123 e. The first-order valence-corrected chi connectivity index (χ1v) is 6.91. The molecular formula is C16H22FN3. The molecular weight excluding hydrogens is 253 g/mol. The van der Waals surface area contributed by atoms with Crippen LogP contribution >= 0.6 is 0 Å². The number of hydrogen-bond acceptors (Lipinski definition) is 2. The van der Waals surface area contributed by atoms with Gasteiger partial charge < -0.3 is 5.32 Å². The second-order valence-electron chi connectivity index (χ2n) is 5.37. The lowest BCUT2D eigenvalue weighted by molar-refractivity contribution is 0.490. The van der Waals surface area contributed by atoms with Gasteiger partial charge in [-0.3, -0.25) is 4.68 Å². The fourth-order valence-corrected chi connectivity index (χ4v) is 2.72. The van der Waals surface area contributed by atoms with E-state index in [4.69, 9.17) is 0 Å². The van der Waals surface area contributed by atoms with Crippen LogP contribution in [-0.4, -0.2) is 9.78 Å². The third kappa shape index (κ3) is 2.90. The second-order valence-corrected chi connectivity index (χ2v) is 5.37. The lowest BCUT2D eigenvalue weighted by Gasteiger charge is -2.21. The maximum atomic E-state index is 13.0. The molecule has 108 valence electrons. The molecule has 0 aliphatic heterocycles. The second kappa shape index (κ2) is 5.75. The Bertz CT molecular complexity index is 587. The Morgan fingerprint density at radius 1 is 1.10 bits per heavy atom. The minimum absolute atomic E-state index is 0.157. The first kappa shape index (κ1) is 14.7. The molecule has 4 heteroatoms. The molecule has 2 rings (SSSR count). The van der Waals surface area contributed by atoms with Gasteiger partial charge in [0.15, 0.2) is 0 Å². The minimum atomic E-state index is -0.201. The molecule has 0 saturated carbocycles. The Labute approximate surface area is 119 Å². The van der Waals surface area contributed by atoms with Gasteiger partial charge in [0.2, 0.25) is 0 Å². The molecule has 1 N–H and O–H groups in total. The standard InChI is InChI=1S/C16H22FN3/c1-10(14-6-8-15(17)9-7-14)18-11(2)16-12(3)19-20(5)13(16)4/h6-11,18H,1-5H3/t10-,11?/m1/s1. The highest BCUT2D eigenvalue weighted by atomic mass is 19.1. The molecule has 0 spiro atoms. The quantitative estimate of drug-likeness (QED) is 0.924. The molecule has 0 fully saturated rings. The number of hydrogen-bond donors (Lipinski definition) is 1. The van der Waals surface area contributed by atoms with Crippen molar-refractivity contribution < 1.29 is 4.39 Å². The van der Waals surface area contributed by atoms with E-state index in [2.05, 4.69) is 31.2 Å². The van der Waals surface area contributed by atoms with Gasteiger partial charge in [-0.25, -0.2) is 4.39 Å². The summed E-state index contributed by atoms with van der Waals surface area (Å²) in [5, 5.41) is 8.00. The highest BCUT2D eigenvalue weighted by molar-refractivity contribution is 5.28. The summed E-state index contributed by atoms with van der Waals surface area (Å²) in [5.41, 5.74) is 4.55. The largest absolute Gasteiger partial charge is 0.304 e. The van der Waals surface area contributed by atoms with E-state index in [-0.39, 0.29) is 17.9 Å². The summed E-state index contributed by atoms with van der Waals surface area (Å²) in [6.45, 7) is 8.33. The van der Waals surface area contributed by atoms with Crippen molar-refractivity contribution in [2.75, 3.05) is 0 Å². The molecule has 1 heterocycles. The average molecular weight is 275 g/mol. The zero-order chi connectivity index (χ0) is 14.9. The summed E-state index contributed by atoms with van der Waals surface area (Å²) >= 11 is 0. The van der Waals surface area contributed by atoms with Crippen molar-refractivity contribution in [3.63, 3.8) is 0 Å². The molecule has 1 unspecified atom stereocenters. The third-order valence-corrected chi connectivity index (χ3v) is 3.87. The van der Waals surface area contributed by atoms with Crippen molar-refractivity contribution in [2.45, 2.75) is 39.8 Å². The van der Waals surface area contributed by atoms with Gasteiger partial charge in [0.05, 0.1) is 5.69 Å². The highest BCUT2D eigenvalue weighted by Gasteiger charge is 2.18. The normalized spacial score (nSPS) is 14.3. The topological polar surface area (TPSA) is 29.9 Å². The van der Waals surface area contributed by atoms with Crippen molar-refractivity contribution >= 4 is 0 Å². The summed E-state index contributed by atoms with van der Waals surface area (Å²) in [4.78, 5) is 0. The van der Waals surface area contributed by atoms with Crippen LogP contribution in [0.2, 0.25) is 0 Å². The monoisotopic (exact) mass is 275 g/mol. The van der Waals surface area contributed by atoms with Crippen LogP contribution in [0.3, 0.4) is 0 Å². The van der Waals surface area contributed by atoms with E-state index in [1.165, 1.54) is 23.4 Å². The van der Waals surface area contributed by atoms with E-state index in [1.807, 2.05) is 30.8 Å². The van der Waals surface area contributed by atoms with Gasteiger partial charge in [-0.15, -0.1) is 0 Å². The molecule has 0 aliphatic rings. The average Bonchev–Trinajstić information content (AvgIpc) is 2.63. The van der Waals surface area contributed by atoms with Gasteiger partial charge in [0, 0.05) is 30.4 Å². The lowest BCUT2D eigenvalue weighted by Crippen LogP contribution is -2.23. The van der Waals surface area contributed by atoms with Gasteiger partial charge in [-0.2, -0.15) is 5.10 Å². The number of nitrogens with zero attached hydrogens (tertiary/aromatic N) is 2. The first-order valence-electron chi connectivity index (χ1n) is 6.91. The van der Waals surface area contributed by atoms with Crippen molar-refractivity contribution in [2.24, 2.45) is 7.05 Å². The number of aryl methyl sites for hydroxylation is 2. The number of nitrogens with one attached hydrogen (secondary N) is 1. The van der Waals surface area contributed by atoms with Crippen molar-refractivity contribution in [1.82, 2.24) is 15.1 Å². The van der Waals surface area contributed by atoms with E-state index >= 15 is 0 Å². The van der Waals surface area contributed by atoms with E-state index in [1.54, 1.807) is 0 Å². The number of rotatable bonds is 4. The van der Waals surface area contributed by atoms with E-state index in [0.29, 0.717) is 0 Å². The zero-order valence-corrected chi connectivity index (χ0v) is 12.7. The van der Waals surface area contributed by atoms with Gasteiger partial charge in [0.1, 0.15) is 5.82 Å². The van der Waals surface area contributed by atoms with Crippen LogP contribution in [-0.2, 0) is 7.05 Å². The summed E-state index contributed by atoms with van der Waals surface area (Å²) < 4.78 is 14.9. The van der Waals surface area contributed by atoms with Crippen molar-refractivity contribution in [3.8, 4) is 0 Å². The van der Waals surface area contributed by atoms with E-state index < -0.39 is 0 Å². The number of aromatic nitrogens is 2. The SMILES string of the molecule is Cc1nn(C)c(C)c1C(C)N[C@H](C)c1ccc(F)cc1. The summed E-state index contributed by atoms with van der Waals surface area (Å²) in [5.74, 6) is -0.201. The zero-order valence-electron chi connectivity index (χ0n) is 12.7. The molecule has 2 atom stereocenters. The van der Waals surface area contributed by atoms with Crippen LogP contribution in [0.4, 0.5) is 4.39 Å². The lowest BCUT2D eigenvalue weighted by atomic mass is 10.0. The third-order valence-electron chi connectivity index (χ3n) is 3.87. The molecule has 0 bridgehead atoms. The molecule has 0 saturated heterocycles. The Hall–Kier alpha value is -1.68. The fraction of sp³-hybridized carbons (Fsp3) is 0.438. The van der Waals surface area contributed by atoms with Crippen LogP contribution in [0.5, 0.6) is 0 Å². The smallest absolute Gasteiger partial charge is 0.123 e. The fourth-order valence-electron chi connectivity index (χ4n) is 2.72. The van der Waals surface area contributed by atoms with Gasteiger partial charge >= 0.3 is 0 Å². The van der Waals surface area contributed by atoms with Gasteiger partial charge in [-0.05, 0) is 45.4 Å². The predicted octanol–water partition coefficient (Wildman–Crippen LogP) is 3.59. The van der Waals surface area contributed by atoms with Gasteiger partial charge in [-0.1, -0.05) is 12.1 Å². The van der Waals surface area contributed by atoms with Crippen LogP contribution in [0.25, 0.3) is 0 Å². The molecule has 1 aromatic carbocycles. The van der Waals surface area contributed by atoms with Crippen molar-refractivity contribution in [3.05, 3.63) is 52.6 Å². The highest BCUT2D eigenvalue weighted by Crippen LogP contribution is 2.24. The maximum absolute atomic E-state index is 13.0. The Kier molecular flexibility index (Phi) is 4.23. The molecule has 20 heavy (non-hydrogen) atoms. The Morgan fingerprint density at radius 2 is 1.70 bits per heavy atom. The predicted molar refractivity (Wildman–Crippen MR) is 79.0 cm³/mol. The van der Waals surface area contributed by atoms with Crippen LogP contribution in [0, 0.1) is 19.7 Å². The van der Waals surface area contributed by atoms with E-state index in [0.717, 1.165) is 11.3 Å². The number of halogens is 1. The summed E-state index contributed by atoms with van der Waals surface area (Å²) in [7, 11) is 1.96. The molecule has 0 aliphatic carbocycles. The summed E-state index contributed by atoms with van der Waals surface area (Å²) in [6.07, 6.45) is 0. The Morgan fingerprint density at radius 3 is 2.20 bits per heavy atom. The van der Waals surface area contributed by atoms with Crippen LogP contribution < -0.4 is 5.32 Å². The Balaban J connectivity index is 2.14. The molecule has 2 aromatic rings. The first-order chi connectivity index (χ1) is 9.40. The molecule has 1 aromatic heterocycles. The van der Waals surface area contributed by atoms with Crippen LogP contribution in [0.15, 0.2) is 24.3 Å². The molecule has 3 nitrogen and oxygen atoms in total. The minimum Gasteiger partial charge on any atom is -0.304 e. The van der Waals surface area contributed by atoms with E-state index in [9.17, 15) is 4.39 Å². The molecule has 0 radical (unpaired) electrons. The van der Waals surface area contributed by atoms with Crippen LogP contribution in [0.1, 0.15) is 48.4 Å². The van der Waals surface area contributed by atoms with Gasteiger partial charge in [0.25, 0.3) is 0 Å². The summed E-state index contributed by atoms with van der Waals surface area (Å²) in [6, 6.07) is 7.00. The number of benzene rings is 1.